The van der Waals surface area contributed by atoms with E-state index >= 15 is 0 Å². The first-order chi connectivity index (χ1) is 11.9. The smallest absolute Gasteiger partial charge is 0.246 e. The van der Waals surface area contributed by atoms with E-state index in [-0.39, 0.29) is 5.82 Å². The summed E-state index contributed by atoms with van der Waals surface area (Å²) in [7, 11) is -3.51. The second-order valence-corrected chi connectivity index (χ2v) is 8.15. The molecule has 1 aliphatic heterocycles. The largest absolute Gasteiger partial charge is 0.296 e. The van der Waals surface area contributed by atoms with Crippen molar-refractivity contribution >= 4 is 10.0 Å². The summed E-state index contributed by atoms with van der Waals surface area (Å²) in [6.45, 7) is 7.18. The summed E-state index contributed by atoms with van der Waals surface area (Å²) >= 11 is 0. The van der Waals surface area contributed by atoms with Gasteiger partial charge in [0.2, 0.25) is 10.0 Å². The van der Waals surface area contributed by atoms with E-state index in [1.807, 2.05) is 6.92 Å². The van der Waals surface area contributed by atoms with Crippen LogP contribution in [0.2, 0.25) is 0 Å². The van der Waals surface area contributed by atoms with Gasteiger partial charge in [-0.3, -0.25) is 9.58 Å². The number of aryl methyl sites for hydroxylation is 2. The van der Waals surface area contributed by atoms with Crippen LogP contribution < -0.4 is 0 Å². The first-order valence-corrected chi connectivity index (χ1v) is 9.85. The van der Waals surface area contributed by atoms with E-state index in [0.29, 0.717) is 49.9 Å². The van der Waals surface area contributed by atoms with Gasteiger partial charge in [-0.15, -0.1) is 0 Å². The van der Waals surface area contributed by atoms with E-state index in [9.17, 15) is 12.8 Å². The zero-order chi connectivity index (χ0) is 18.0. The number of hydrogen-bond acceptors (Lipinski definition) is 4. The van der Waals surface area contributed by atoms with E-state index in [1.165, 1.54) is 16.4 Å². The summed E-state index contributed by atoms with van der Waals surface area (Å²) in [5, 5.41) is 4.24. The Morgan fingerprint density at radius 1 is 1.12 bits per heavy atom. The molecule has 0 amide bonds. The van der Waals surface area contributed by atoms with Gasteiger partial charge in [0.1, 0.15) is 10.7 Å². The average Bonchev–Trinajstić information content (AvgIpc) is 2.99. The number of sulfonamides is 1. The zero-order valence-corrected chi connectivity index (χ0v) is 15.3. The Bertz CT molecular complexity index is 825. The Morgan fingerprint density at radius 2 is 1.76 bits per heavy atom. The zero-order valence-electron chi connectivity index (χ0n) is 14.5. The number of piperazine rings is 1. The average molecular weight is 366 g/mol. The van der Waals surface area contributed by atoms with Crippen molar-refractivity contribution in [2.75, 3.05) is 26.2 Å². The third-order valence-corrected chi connectivity index (χ3v) is 6.50. The molecule has 1 aliphatic rings. The highest BCUT2D eigenvalue weighted by Gasteiger charge is 2.31. The summed E-state index contributed by atoms with van der Waals surface area (Å²) in [4.78, 5) is 2.48. The van der Waals surface area contributed by atoms with Crippen molar-refractivity contribution in [3.8, 4) is 0 Å². The molecule has 0 radical (unpaired) electrons. The number of halogens is 1. The summed E-state index contributed by atoms with van der Waals surface area (Å²) in [6.07, 6.45) is 1.61. The topological polar surface area (TPSA) is 58.4 Å². The quantitative estimate of drug-likeness (QED) is 0.810. The van der Waals surface area contributed by atoms with E-state index < -0.39 is 10.0 Å². The molecule has 0 spiro atoms. The maximum absolute atomic E-state index is 13.0. The van der Waals surface area contributed by atoms with Crippen molar-refractivity contribution in [1.82, 2.24) is 19.0 Å². The maximum atomic E-state index is 13.0. The molecule has 0 aliphatic carbocycles. The van der Waals surface area contributed by atoms with Crippen molar-refractivity contribution < 1.29 is 12.8 Å². The third kappa shape index (κ3) is 3.91. The van der Waals surface area contributed by atoms with Gasteiger partial charge in [0.15, 0.2) is 0 Å². The van der Waals surface area contributed by atoms with Crippen LogP contribution in [-0.2, 0) is 23.1 Å². The van der Waals surface area contributed by atoms with Crippen LogP contribution in [0.1, 0.15) is 18.2 Å². The van der Waals surface area contributed by atoms with Crippen molar-refractivity contribution in [2.24, 2.45) is 0 Å². The Labute approximate surface area is 147 Å². The van der Waals surface area contributed by atoms with Crippen LogP contribution in [0.3, 0.4) is 0 Å². The number of hydrogen-bond donors (Lipinski definition) is 0. The summed E-state index contributed by atoms with van der Waals surface area (Å²) < 4.78 is 41.9. The molecule has 3 rings (SSSR count). The molecule has 0 atom stereocenters. The minimum absolute atomic E-state index is 0.248. The van der Waals surface area contributed by atoms with Gasteiger partial charge in [-0.1, -0.05) is 12.1 Å². The van der Waals surface area contributed by atoms with Crippen LogP contribution in [0.15, 0.2) is 35.4 Å². The molecule has 1 aromatic heterocycles. The van der Waals surface area contributed by atoms with Crippen molar-refractivity contribution in [2.45, 2.75) is 31.8 Å². The SMILES string of the molecule is CCn1cc(S(=O)(=O)N2CCN(Cc3ccc(F)cc3)CC2)c(C)n1. The molecule has 0 N–H and O–H groups in total. The van der Waals surface area contributed by atoms with E-state index in [2.05, 4.69) is 10.00 Å². The molecule has 8 heteroatoms. The molecule has 0 bridgehead atoms. The molecule has 25 heavy (non-hydrogen) atoms. The molecule has 1 aromatic carbocycles. The first-order valence-electron chi connectivity index (χ1n) is 8.41. The summed E-state index contributed by atoms with van der Waals surface area (Å²) in [5.41, 5.74) is 1.56. The maximum Gasteiger partial charge on any atom is 0.246 e. The molecule has 0 saturated carbocycles. The number of aromatic nitrogens is 2. The predicted octanol–water partition coefficient (Wildman–Crippen LogP) is 1.86. The number of benzene rings is 1. The molecule has 2 aromatic rings. The molecular weight excluding hydrogens is 343 g/mol. The van der Waals surface area contributed by atoms with Crippen molar-refractivity contribution in [1.29, 1.82) is 0 Å². The lowest BCUT2D eigenvalue weighted by Gasteiger charge is -2.33. The van der Waals surface area contributed by atoms with Crippen LogP contribution in [0, 0.1) is 12.7 Å². The minimum atomic E-state index is -3.51. The second-order valence-electron chi connectivity index (χ2n) is 6.24. The van der Waals surface area contributed by atoms with Gasteiger partial charge in [-0.25, -0.2) is 12.8 Å². The van der Waals surface area contributed by atoms with E-state index in [4.69, 9.17) is 0 Å². The highest BCUT2D eigenvalue weighted by atomic mass is 32.2. The summed E-state index contributed by atoms with van der Waals surface area (Å²) in [6, 6.07) is 6.43. The predicted molar refractivity (Wildman–Crippen MR) is 93.1 cm³/mol. The van der Waals surface area contributed by atoms with E-state index in [0.717, 1.165) is 5.56 Å². The fourth-order valence-electron chi connectivity index (χ4n) is 3.03. The summed E-state index contributed by atoms with van der Waals surface area (Å²) in [5.74, 6) is -0.248. The molecule has 6 nitrogen and oxygen atoms in total. The fraction of sp³-hybridized carbons (Fsp3) is 0.471. The normalized spacial score (nSPS) is 17.1. The lowest BCUT2D eigenvalue weighted by atomic mass is 10.2. The fourth-order valence-corrected chi connectivity index (χ4v) is 4.62. The van der Waals surface area contributed by atoms with E-state index in [1.54, 1.807) is 29.9 Å². The molecule has 2 heterocycles. The third-order valence-electron chi connectivity index (χ3n) is 4.49. The van der Waals surface area contributed by atoms with Gasteiger partial charge in [0.05, 0.1) is 5.69 Å². The highest BCUT2D eigenvalue weighted by Crippen LogP contribution is 2.21. The van der Waals surface area contributed by atoms with Crippen LogP contribution >= 0.6 is 0 Å². The van der Waals surface area contributed by atoms with Crippen LogP contribution in [0.4, 0.5) is 4.39 Å². The lowest BCUT2D eigenvalue weighted by molar-refractivity contribution is 0.181. The van der Waals surface area contributed by atoms with Crippen LogP contribution in [0.5, 0.6) is 0 Å². The van der Waals surface area contributed by atoms with Crippen LogP contribution in [0.25, 0.3) is 0 Å². The second kappa shape index (κ2) is 7.23. The highest BCUT2D eigenvalue weighted by molar-refractivity contribution is 7.89. The van der Waals surface area contributed by atoms with Crippen LogP contribution in [-0.4, -0.2) is 53.6 Å². The Morgan fingerprint density at radius 3 is 2.32 bits per heavy atom. The molecule has 1 saturated heterocycles. The van der Waals surface area contributed by atoms with Gasteiger partial charge < -0.3 is 0 Å². The standard InChI is InChI=1S/C17H23FN4O2S/c1-3-21-13-17(14(2)19-21)25(23,24)22-10-8-20(9-11-22)12-15-4-6-16(18)7-5-15/h4-7,13H,3,8-12H2,1-2H3. The van der Waals surface area contributed by atoms with Gasteiger partial charge in [-0.2, -0.15) is 9.40 Å². The molecule has 136 valence electrons. The first kappa shape index (κ1) is 18.0. The van der Waals surface area contributed by atoms with Crippen molar-refractivity contribution in [3.63, 3.8) is 0 Å². The molecule has 0 unspecified atom stereocenters. The Hall–Kier alpha value is -1.77. The Kier molecular flexibility index (Phi) is 5.21. The van der Waals surface area contributed by atoms with Gasteiger partial charge in [0, 0.05) is 45.5 Å². The van der Waals surface area contributed by atoms with Crippen molar-refractivity contribution in [3.05, 3.63) is 47.5 Å². The monoisotopic (exact) mass is 366 g/mol. The Balaban J connectivity index is 1.64. The van der Waals surface area contributed by atoms with Gasteiger partial charge in [0.25, 0.3) is 0 Å². The molecule has 1 fully saturated rings. The number of rotatable bonds is 5. The lowest BCUT2D eigenvalue weighted by Crippen LogP contribution is -2.48. The van der Waals surface area contributed by atoms with Gasteiger partial charge in [-0.05, 0) is 31.5 Å². The molecular formula is C17H23FN4O2S. The van der Waals surface area contributed by atoms with Gasteiger partial charge >= 0.3 is 0 Å². The number of nitrogens with zero attached hydrogens (tertiary/aromatic N) is 4. The minimum Gasteiger partial charge on any atom is -0.296 e.